The number of ketones is 1. The van der Waals surface area contributed by atoms with E-state index in [0.717, 1.165) is 41.5 Å². The fourth-order valence-electron chi connectivity index (χ4n) is 2.78. The summed E-state index contributed by atoms with van der Waals surface area (Å²) in [5.74, 6) is 0.0587. The molecule has 0 heterocycles. The lowest BCUT2D eigenvalue weighted by atomic mass is 9.87. The maximum atomic E-state index is 12.8. The molecule has 2 aromatic rings. The van der Waals surface area contributed by atoms with Gasteiger partial charge in [-0.25, -0.2) is 0 Å². The van der Waals surface area contributed by atoms with Crippen LogP contribution in [-0.4, -0.2) is 5.78 Å². The van der Waals surface area contributed by atoms with Crippen molar-refractivity contribution in [2.75, 3.05) is 0 Å². The predicted molar refractivity (Wildman–Crippen MR) is 108 cm³/mol. The highest BCUT2D eigenvalue weighted by molar-refractivity contribution is 6.42. The summed E-state index contributed by atoms with van der Waals surface area (Å²) in [6.07, 6.45) is 6.18. The summed E-state index contributed by atoms with van der Waals surface area (Å²) in [4.78, 5) is 12.8. The fourth-order valence-corrected chi connectivity index (χ4v) is 3.40. The average molecular weight is 412 g/mol. The lowest BCUT2D eigenvalue weighted by Gasteiger charge is -2.17. The van der Waals surface area contributed by atoms with Gasteiger partial charge < -0.3 is 0 Å². The van der Waals surface area contributed by atoms with E-state index in [2.05, 4.69) is 0 Å². The first kappa shape index (κ1) is 18.5. The summed E-state index contributed by atoms with van der Waals surface area (Å²) in [5.41, 5.74) is 3.29. The van der Waals surface area contributed by atoms with Crippen LogP contribution in [0.25, 0.3) is 12.2 Å². The highest BCUT2D eigenvalue weighted by atomic mass is 35.5. The number of carbonyl (C=O) groups is 1. The molecule has 0 radical (unpaired) electrons. The highest BCUT2D eigenvalue weighted by Crippen LogP contribution is 2.31. The van der Waals surface area contributed by atoms with Crippen LogP contribution in [0.1, 0.15) is 30.4 Å². The van der Waals surface area contributed by atoms with Crippen molar-refractivity contribution in [3.8, 4) is 0 Å². The summed E-state index contributed by atoms with van der Waals surface area (Å²) < 4.78 is 0. The summed E-state index contributed by atoms with van der Waals surface area (Å²) in [6, 6.07) is 10.7. The Morgan fingerprint density at radius 1 is 0.680 bits per heavy atom. The van der Waals surface area contributed by atoms with E-state index in [1.165, 1.54) is 0 Å². The van der Waals surface area contributed by atoms with Crippen LogP contribution in [0, 0.1) is 0 Å². The van der Waals surface area contributed by atoms with E-state index in [1.807, 2.05) is 24.3 Å². The molecule has 0 bridgehead atoms. The molecule has 1 fully saturated rings. The third kappa shape index (κ3) is 4.48. The lowest BCUT2D eigenvalue weighted by Crippen LogP contribution is -2.12. The lowest BCUT2D eigenvalue weighted by molar-refractivity contribution is -0.112. The third-order valence-electron chi connectivity index (χ3n) is 4.04. The van der Waals surface area contributed by atoms with Gasteiger partial charge in [0.05, 0.1) is 20.1 Å². The van der Waals surface area contributed by atoms with Gasteiger partial charge in [0.25, 0.3) is 0 Å². The normalized spacial score (nSPS) is 18.2. The van der Waals surface area contributed by atoms with Gasteiger partial charge in [0, 0.05) is 11.1 Å². The number of carbonyl (C=O) groups excluding carboxylic acids is 1. The quantitative estimate of drug-likeness (QED) is 0.467. The van der Waals surface area contributed by atoms with Gasteiger partial charge in [0.2, 0.25) is 0 Å². The molecule has 0 spiro atoms. The Morgan fingerprint density at radius 3 is 1.52 bits per heavy atom. The number of Topliss-reactive ketones (excluding diaryl/α,β-unsaturated/α-hetero) is 1. The van der Waals surface area contributed by atoms with Gasteiger partial charge in [0.15, 0.2) is 5.78 Å². The van der Waals surface area contributed by atoms with Gasteiger partial charge in [-0.2, -0.15) is 0 Å². The number of halogens is 4. The zero-order valence-electron chi connectivity index (χ0n) is 13.2. The average Bonchev–Trinajstić information content (AvgIpc) is 2.58. The Balaban J connectivity index is 1.89. The predicted octanol–water partition coefficient (Wildman–Crippen LogP) is 7.52. The molecule has 128 valence electrons. The Morgan fingerprint density at radius 2 is 1.12 bits per heavy atom. The van der Waals surface area contributed by atoms with Crippen molar-refractivity contribution in [1.29, 1.82) is 0 Å². The van der Waals surface area contributed by atoms with Crippen molar-refractivity contribution >= 4 is 64.3 Å². The first-order valence-corrected chi connectivity index (χ1v) is 9.31. The largest absolute Gasteiger partial charge is 0.289 e. The standard InChI is InChI=1S/C20H14Cl4O/c21-16-6-4-12(10-18(16)23)8-14-2-1-3-15(20(14)25)9-13-5-7-17(22)19(24)11-13/h4-11H,1-3H2/b14-8+,15-9+. The molecule has 3 rings (SSSR count). The monoisotopic (exact) mass is 410 g/mol. The summed E-state index contributed by atoms with van der Waals surface area (Å²) in [5, 5.41) is 1.95. The zero-order chi connectivity index (χ0) is 18.0. The van der Waals surface area contributed by atoms with Gasteiger partial charge in [-0.3, -0.25) is 4.79 Å². The molecule has 25 heavy (non-hydrogen) atoms. The molecular weight excluding hydrogens is 398 g/mol. The molecule has 2 aromatic carbocycles. The Hall–Kier alpha value is -1.25. The maximum absolute atomic E-state index is 12.8. The van der Waals surface area contributed by atoms with Gasteiger partial charge in [-0.15, -0.1) is 0 Å². The van der Waals surface area contributed by atoms with Crippen molar-refractivity contribution < 1.29 is 4.79 Å². The minimum absolute atomic E-state index is 0.0587. The maximum Gasteiger partial charge on any atom is 0.185 e. The number of hydrogen-bond donors (Lipinski definition) is 0. The van der Waals surface area contributed by atoms with E-state index in [0.29, 0.717) is 20.1 Å². The van der Waals surface area contributed by atoms with Crippen molar-refractivity contribution in [3.63, 3.8) is 0 Å². The number of rotatable bonds is 2. The molecule has 1 nitrogen and oxygen atoms in total. The Labute approximate surface area is 166 Å². The van der Waals surface area contributed by atoms with Crippen molar-refractivity contribution in [2.24, 2.45) is 0 Å². The SMILES string of the molecule is O=C1/C(=C/c2ccc(Cl)c(Cl)c2)CCC/C1=C\c1ccc(Cl)c(Cl)c1. The Bertz CT molecular complexity index is 825. The molecule has 0 atom stereocenters. The van der Waals surface area contributed by atoms with Crippen LogP contribution in [0.2, 0.25) is 20.1 Å². The zero-order valence-corrected chi connectivity index (χ0v) is 16.2. The second-order valence-corrected chi connectivity index (χ2v) is 7.50. The van der Waals surface area contributed by atoms with Crippen molar-refractivity contribution in [3.05, 3.63) is 78.8 Å². The first-order chi connectivity index (χ1) is 11.9. The second-order valence-electron chi connectivity index (χ2n) is 5.87. The third-order valence-corrected chi connectivity index (χ3v) is 5.52. The van der Waals surface area contributed by atoms with Crippen LogP contribution in [-0.2, 0) is 4.79 Å². The molecule has 1 aliphatic rings. The van der Waals surface area contributed by atoms with Gasteiger partial charge in [0.1, 0.15) is 0 Å². The van der Waals surface area contributed by atoms with Crippen LogP contribution in [0.4, 0.5) is 0 Å². The van der Waals surface area contributed by atoms with E-state index >= 15 is 0 Å². The minimum Gasteiger partial charge on any atom is -0.289 e. The van der Waals surface area contributed by atoms with Crippen molar-refractivity contribution in [1.82, 2.24) is 0 Å². The molecule has 1 aliphatic carbocycles. The van der Waals surface area contributed by atoms with E-state index in [1.54, 1.807) is 24.3 Å². The van der Waals surface area contributed by atoms with Crippen LogP contribution in [0.15, 0.2) is 47.5 Å². The van der Waals surface area contributed by atoms with Gasteiger partial charge >= 0.3 is 0 Å². The smallest absolute Gasteiger partial charge is 0.185 e. The molecule has 0 unspecified atom stereocenters. The fraction of sp³-hybridized carbons (Fsp3) is 0.150. The van der Waals surface area contributed by atoms with Gasteiger partial charge in [-0.05, 0) is 66.8 Å². The van der Waals surface area contributed by atoms with E-state index in [9.17, 15) is 4.79 Å². The minimum atomic E-state index is 0.0587. The van der Waals surface area contributed by atoms with E-state index < -0.39 is 0 Å². The number of allylic oxidation sites excluding steroid dienone is 2. The summed E-state index contributed by atoms with van der Waals surface area (Å²) >= 11 is 24.0. The van der Waals surface area contributed by atoms with E-state index in [4.69, 9.17) is 46.4 Å². The Kier molecular flexibility index (Phi) is 5.91. The van der Waals surface area contributed by atoms with Crippen LogP contribution in [0.5, 0.6) is 0 Å². The van der Waals surface area contributed by atoms with Crippen LogP contribution >= 0.6 is 46.4 Å². The van der Waals surface area contributed by atoms with E-state index in [-0.39, 0.29) is 5.78 Å². The van der Waals surface area contributed by atoms with Crippen LogP contribution in [0.3, 0.4) is 0 Å². The molecule has 0 aliphatic heterocycles. The van der Waals surface area contributed by atoms with Crippen molar-refractivity contribution in [2.45, 2.75) is 19.3 Å². The summed E-state index contributed by atoms with van der Waals surface area (Å²) in [6.45, 7) is 0. The number of benzene rings is 2. The number of hydrogen-bond acceptors (Lipinski definition) is 1. The van der Waals surface area contributed by atoms with Gasteiger partial charge in [-0.1, -0.05) is 58.5 Å². The topological polar surface area (TPSA) is 17.1 Å². The molecule has 1 saturated carbocycles. The summed E-state index contributed by atoms with van der Waals surface area (Å²) in [7, 11) is 0. The molecule has 0 saturated heterocycles. The molecule has 0 amide bonds. The van der Waals surface area contributed by atoms with Crippen LogP contribution < -0.4 is 0 Å². The highest BCUT2D eigenvalue weighted by Gasteiger charge is 2.20. The molecule has 0 aromatic heterocycles. The molecule has 0 N–H and O–H groups in total. The second kappa shape index (κ2) is 7.97. The first-order valence-electron chi connectivity index (χ1n) is 7.80. The molecule has 5 heteroatoms. The molecular formula is C20H14Cl4O.